The number of amides is 1. The van der Waals surface area contributed by atoms with Gasteiger partial charge in [-0.2, -0.15) is 0 Å². The first kappa shape index (κ1) is 18.0. The number of aromatic nitrogens is 2. The monoisotopic (exact) mass is 403 g/mol. The smallest absolute Gasteiger partial charge is 0.238 e. The Balaban J connectivity index is 1.21. The molecule has 1 amide bonds. The number of fused-ring (bicyclic) bond motifs is 2. The van der Waals surface area contributed by atoms with Crippen LogP contribution in [0.1, 0.15) is 0 Å². The van der Waals surface area contributed by atoms with Gasteiger partial charge in [-0.3, -0.25) is 9.69 Å². The van der Waals surface area contributed by atoms with Gasteiger partial charge >= 0.3 is 0 Å². The minimum atomic E-state index is 0.0251. The van der Waals surface area contributed by atoms with E-state index in [-0.39, 0.29) is 5.91 Å². The summed E-state index contributed by atoms with van der Waals surface area (Å²) >= 11 is 1.63. The maximum absolute atomic E-state index is 12.6. The number of hydrogen-bond acceptors (Lipinski definition) is 6. The van der Waals surface area contributed by atoms with Crippen molar-refractivity contribution in [1.82, 2.24) is 14.9 Å². The van der Waals surface area contributed by atoms with Crippen molar-refractivity contribution in [2.75, 3.05) is 42.9 Å². The summed E-state index contributed by atoms with van der Waals surface area (Å²) in [6, 6.07) is 16.2. The largest absolute Gasteiger partial charge is 0.353 e. The third-order valence-corrected chi connectivity index (χ3v) is 6.16. The molecule has 1 aliphatic heterocycles. The number of carbonyl (C=O) groups is 1. The van der Waals surface area contributed by atoms with E-state index in [4.69, 9.17) is 0 Å². The van der Waals surface area contributed by atoms with Crippen LogP contribution in [0.3, 0.4) is 0 Å². The van der Waals surface area contributed by atoms with E-state index in [9.17, 15) is 4.79 Å². The van der Waals surface area contributed by atoms with E-state index in [0.29, 0.717) is 6.54 Å². The zero-order valence-electron chi connectivity index (χ0n) is 15.9. The van der Waals surface area contributed by atoms with Gasteiger partial charge in [0, 0.05) is 37.3 Å². The van der Waals surface area contributed by atoms with Gasteiger partial charge < -0.3 is 10.2 Å². The Hall–Kier alpha value is -3.03. The number of piperazine rings is 1. The molecule has 146 valence electrons. The second-order valence-electron chi connectivity index (χ2n) is 7.17. The van der Waals surface area contributed by atoms with Crippen molar-refractivity contribution in [3.8, 4) is 0 Å². The van der Waals surface area contributed by atoms with Gasteiger partial charge in [-0.1, -0.05) is 36.4 Å². The highest BCUT2D eigenvalue weighted by atomic mass is 32.1. The predicted octanol–water partition coefficient (Wildman–Crippen LogP) is 3.61. The number of rotatable bonds is 4. The molecule has 5 rings (SSSR count). The van der Waals surface area contributed by atoms with Gasteiger partial charge in [0.05, 0.1) is 11.9 Å². The highest BCUT2D eigenvalue weighted by molar-refractivity contribution is 7.16. The lowest BCUT2D eigenvalue weighted by Gasteiger charge is -2.35. The SMILES string of the molecule is O=C(CN1CCN(c2ncnc3sccc23)CC1)Nc1cccc2ccccc12. The van der Waals surface area contributed by atoms with Crippen LogP contribution in [-0.2, 0) is 4.79 Å². The van der Waals surface area contributed by atoms with Crippen LogP contribution in [-0.4, -0.2) is 53.5 Å². The van der Waals surface area contributed by atoms with Crippen LogP contribution in [0.4, 0.5) is 11.5 Å². The quantitative estimate of drug-likeness (QED) is 0.564. The first-order valence-corrected chi connectivity index (χ1v) is 10.6. The zero-order chi connectivity index (χ0) is 19.6. The van der Waals surface area contributed by atoms with Crippen molar-refractivity contribution in [1.29, 1.82) is 0 Å². The number of thiophene rings is 1. The molecule has 0 bridgehead atoms. The normalized spacial score (nSPS) is 15.1. The lowest BCUT2D eigenvalue weighted by molar-refractivity contribution is -0.117. The summed E-state index contributed by atoms with van der Waals surface area (Å²) in [5.74, 6) is 1.02. The predicted molar refractivity (Wildman–Crippen MR) is 119 cm³/mol. The van der Waals surface area contributed by atoms with Crippen LogP contribution in [0.5, 0.6) is 0 Å². The summed E-state index contributed by atoms with van der Waals surface area (Å²) < 4.78 is 0. The number of benzene rings is 2. The Kier molecular flexibility index (Phi) is 4.83. The maximum Gasteiger partial charge on any atom is 0.238 e. The van der Waals surface area contributed by atoms with Gasteiger partial charge in [0.15, 0.2) is 0 Å². The zero-order valence-corrected chi connectivity index (χ0v) is 16.7. The molecule has 1 fully saturated rings. The molecule has 0 atom stereocenters. The van der Waals surface area contributed by atoms with E-state index in [1.165, 1.54) is 0 Å². The van der Waals surface area contributed by atoms with Crippen molar-refractivity contribution < 1.29 is 4.79 Å². The highest BCUT2D eigenvalue weighted by Crippen LogP contribution is 2.27. The van der Waals surface area contributed by atoms with Crippen molar-refractivity contribution in [3.63, 3.8) is 0 Å². The Labute approximate surface area is 172 Å². The third kappa shape index (κ3) is 3.66. The average Bonchev–Trinajstić information content (AvgIpc) is 3.24. The summed E-state index contributed by atoms with van der Waals surface area (Å²) in [4.78, 5) is 27.0. The topological polar surface area (TPSA) is 61.4 Å². The number of carbonyl (C=O) groups excluding carboxylic acids is 1. The molecule has 6 nitrogen and oxygen atoms in total. The van der Waals surface area contributed by atoms with Gasteiger partial charge in [-0.05, 0) is 22.9 Å². The number of anilines is 2. The van der Waals surface area contributed by atoms with E-state index >= 15 is 0 Å². The molecule has 29 heavy (non-hydrogen) atoms. The molecule has 1 N–H and O–H groups in total. The molecular weight excluding hydrogens is 382 g/mol. The summed E-state index contributed by atoms with van der Waals surface area (Å²) in [5.41, 5.74) is 0.868. The van der Waals surface area contributed by atoms with Crippen LogP contribution in [0, 0.1) is 0 Å². The van der Waals surface area contributed by atoms with E-state index in [2.05, 4.69) is 48.7 Å². The van der Waals surface area contributed by atoms with Gasteiger partial charge in [0.25, 0.3) is 0 Å². The van der Waals surface area contributed by atoms with Crippen molar-refractivity contribution in [2.24, 2.45) is 0 Å². The fourth-order valence-corrected chi connectivity index (χ4v) is 4.60. The molecule has 4 aromatic rings. The fraction of sp³-hybridized carbons (Fsp3) is 0.227. The van der Waals surface area contributed by atoms with Crippen LogP contribution in [0.15, 0.2) is 60.2 Å². The van der Waals surface area contributed by atoms with Gasteiger partial charge in [0.2, 0.25) is 5.91 Å². The highest BCUT2D eigenvalue weighted by Gasteiger charge is 2.21. The molecule has 0 unspecified atom stereocenters. The summed E-state index contributed by atoms with van der Waals surface area (Å²) in [6.07, 6.45) is 1.64. The molecule has 2 aromatic carbocycles. The lowest BCUT2D eigenvalue weighted by atomic mass is 10.1. The number of nitrogens with one attached hydrogen (secondary N) is 1. The molecule has 0 aliphatic carbocycles. The third-order valence-electron chi connectivity index (χ3n) is 5.34. The Morgan fingerprint density at radius 2 is 1.79 bits per heavy atom. The van der Waals surface area contributed by atoms with Gasteiger partial charge in [0.1, 0.15) is 17.0 Å². The molecule has 0 saturated carbocycles. The maximum atomic E-state index is 12.6. The van der Waals surface area contributed by atoms with Crippen LogP contribution in [0.2, 0.25) is 0 Å². The second kappa shape index (κ2) is 7.77. The molecule has 1 aliphatic rings. The van der Waals surface area contributed by atoms with Gasteiger partial charge in [-0.25, -0.2) is 9.97 Å². The fourth-order valence-electron chi connectivity index (χ4n) is 3.87. The summed E-state index contributed by atoms with van der Waals surface area (Å²) in [5, 5.41) is 8.44. The van der Waals surface area contributed by atoms with Crippen molar-refractivity contribution in [3.05, 3.63) is 60.2 Å². The number of hydrogen-bond donors (Lipinski definition) is 1. The molecule has 0 radical (unpaired) electrons. The molecule has 3 heterocycles. The van der Waals surface area contributed by atoms with Crippen molar-refractivity contribution >= 4 is 49.7 Å². The van der Waals surface area contributed by atoms with Crippen molar-refractivity contribution in [2.45, 2.75) is 0 Å². The van der Waals surface area contributed by atoms with Crippen LogP contribution < -0.4 is 10.2 Å². The second-order valence-corrected chi connectivity index (χ2v) is 8.07. The van der Waals surface area contributed by atoms with Gasteiger partial charge in [-0.15, -0.1) is 11.3 Å². The van der Waals surface area contributed by atoms with Crippen LogP contribution in [0.25, 0.3) is 21.0 Å². The van der Waals surface area contributed by atoms with E-state index in [0.717, 1.165) is 58.7 Å². The van der Waals surface area contributed by atoms with Crippen LogP contribution >= 0.6 is 11.3 Å². The average molecular weight is 404 g/mol. The molecule has 7 heteroatoms. The molecular formula is C22H21N5OS. The number of nitrogens with zero attached hydrogens (tertiary/aromatic N) is 4. The first-order valence-electron chi connectivity index (χ1n) is 9.71. The minimum absolute atomic E-state index is 0.0251. The Morgan fingerprint density at radius 3 is 2.69 bits per heavy atom. The molecule has 0 spiro atoms. The molecule has 2 aromatic heterocycles. The van der Waals surface area contributed by atoms with E-state index < -0.39 is 0 Å². The standard InChI is InChI=1S/C22H21N5OS/c28-20(25-19-7-3-5-16-4-1-2-6-17(16)19)14-26-9-11-27(12-10-26)21-18-8-13-29-22(18)24-15-23-21/h1-8,13,15H,9-12,14H2,(H,25,28). The lowest BCUT2D eigenvalue weighted by Crippen LogP contribution is -2.49. The summed E-state index contributed by atoms with van der Waals surface area (Å²) in [7, 11) is 0. The Bertz CT molecular complexity index is 1160. The van der Waals surface area contributed by atoms with E-state index in [1.54, 1.807) is 17.7 Å². The first-order chi connectivity index (χ1) is 14.3. The summed E-state index contributed by atoms with van der Waals surface area (Å²) in [6.45, 7) is 3.76. The minimum Gasteiger partial charge on any atom is -0.353 e. The van der Waals surface area contributed by atoms with E-state index in [1.807, 2.05) is 30.3 Å². The Morgan fingerprint density at radius 1 is 0.966 bits per heavy atom. The molecule has 1 saturated heterocycles.